The van der Waals surface area contributed by atoms with Gasteiger partial charge in [0.1, 0.15) is 0 Å². The zero-order valence-electron chi connectivity index (χ0n) is 27.9. The van der Waals surface area contributed by atoms with Crippen LogP contribution in [0.1, 0.15) is 69.1 Å². The first-order valence-electron chi connectivity index (χ1n) is 15.5. The number of hydrogen-bond acceptors (Lipinski definition) is 0. The second-order valence-electron chi connectivity index (χ2n) is 12.5. The van der Waals surface area contributed by atoms with E-state index in [1.165, 1.54) is 67.4 Å². The average molecular weight is 725 g/mol. The molecule has 2 atom stereocenters. The van der Waals surface area contributed by atoms with Crippen molar-refractivity contribution >= 4 is 61.4 Å². The third-order valence-corrected chi connectivity index (χ3v) is 10.2. The molecule has 5 heteroatoms. The predicted octanol–water partition coefficient (Wildman–Crippen LogP) is 12.8. The molecule has 0 amide bonds. The molecule has 0 fully saturated rings. The van der Waals surface area contributed by atoms with Gasteiger partial charge in [0.25, 0.3) is 0 Å². The summed E-state index contributed by atoms with van der Waals surface area (Å²) in [6.07, 6.45) is 2.43. The summed E-state index contributed by atoms with van der Waals surface area (Å²) in [5.41, 5.74) is 7.02. The predicted molar refractivity (Wildman–Crippen MR) is 199 cm³/mol. The standard InChI is InChI=1S/C19H21Si.C17H23.C2H6Si.2ClH.Zr/c1-14-12-16-6-5-7-18(19(16)13-14)15-8-10-17(11-9-15)20(2,3)4;1-5-12(3)15-10-14-8-7-9-16(13(4)6-2)17(14)11-15;1-3-2;;;/h5-13H,1-4H3;7-13H,5-6H2,1-4H3;1-2H3;2*1H;/q2*-1;;;;+4/p-2. The molecule has 2 radical (unpaired) electrons. The summed E-state index contributed by atoms with van der Waals surface area (Å²) in [7, 11) is 9.74. The second-order valence-corrected chi connectivity index (χ2v) is 22.3. The SMILES string of the molecule is CCC(C)c1cc2c(C(C)CC)cccc2[cH-]1.C[Si]C.Cc1cc2c(-c3ccc([Si](C)(C)C)cc3)cccc2[cH-]1.[Cl][Zr+2][Cl]. The minimum absolute atomic E-state index is 0.658. The molecule has 43 heavy (non-hydrogen) atoms. The van der Waals surface area contributed by atoms with E-state index in [0.29, 0.717) is 11.8 Å². The fraction of sp³-hybridized carbons (Fsp3) is 0.368. The van der Waals surface area contributed by atoms with Gasteiger partial charge in [-0.1, -0.05) is 133 Å². The molecular weight excluding hydrogens is 675 g/mol. The Morgan fingerprint density at radius 3 is 1.84 bits per heavy atom. The first kappa shape index (κ1) is 38.0. The van der Waals surface area contributed by atoms with Crippen molar-refractivity contribution < 1.29 is 20.8 Å². The van der Waals surface area contributed by atoms with Gasteiger partial charge in [0, 0.05) is 9.52 Å². The van der Waals surface area contributed by atoms with Gasteiger partial charge in [0.15, 0.2) is 0 Å². The molecule has 0 saturated heterocycles. The van der Waals surface area contributed by atoms with E-state index >= 15 is 0 Å². The van der Waals surface area contributed by atoms with E-state index in [4.69, 9.17) is 17.0 Å². The maximum absolute atomic E-state index is 4.93. The van der Waals surface area contributed by atoms with Gasteiger partial charge in [0.2, 0.25) is 0 Å². The molecule has 2 unspecified atom stereocenters. The summed E-state index contributed by atoms with van der Waals surface area (Å²) >= 11 is -0.826. The topological polar surface area (TPSA) is 0 Å². The summed E-state index contributed by atoms with van der Waals surface area (Å²) in [6, 6.07) is 31.8. The van der Waals surface area contributed by atoms with Crippen LogP contribution in [0.3, 0.4) is 0 Å². The monoisotopic (exact) mass is 722 g/mol. The quantitative estimate of drug-likeness (QED) is 0.121. The van der Waals surface area contributed by atoms with Crippen molar-refractivity contribution in [2.45, 2.75) is 92.0 Å². The minimum atomic E-state index is -1.21. The van der Waals surface area contributed by atoms with Crippen LogP contribution in [-0.2, 0) is 20.8 Å². The summed E-state index contributed by atoms with van der Waals surface area (Å²) in [4.78, 5) is 0. The zero-order chi connectivity index (χ0) is 32.2. The molecule has 0 bridgehead atoms. The molecule has 0 N–H and O–H groups in total. The number of fused-ring (bicyclic) bond motifs is 2. The van der Waals surface area contributed by atoms with Crippen molar-refractivity contribution in [2.24, 2.45) is 0 Å². The van der Waals surface area contributed by atoms with Crippen molar-refractivity contribution in [3.8, 4) is 11.1 Å². The fourth-order valence-corrected chi connectivity index (χ4v) is 6.40. The summed E-state index contributed by atoms with van der Waals surface area (Å²) in [6.45, 7) is 22.8. The van der Waals surface area contributed by atoms with Crippen molar-refractivity contribution in [3.63, 3.8) is 0 Å². The molecule has 5 aromatic carbocycles. The van der Waals surface area contributed by atoms with Gasteiger partial charge in [-0.3, -0.25) is 0 Å². The van der Waals surface area contributed by atoms with E-state index in [2.05, 4.69) is 152 Å². The van der Waals surface area contributed by atoms with Crippen molar-refractivity contribution in [2.75, 3.05) is 0 Å². The van der Waals surface area contributed by atoms with Gasteiger partial charge in [-0.25, -0.2) is 0 Å². The number of rotatable bonds is 6. The normalized spacial score (nSPS) is 12.2. The third-order valence-electron chi connectivity index (χ3n) is 8.09. The number of halogens is 2. The fourth-order valence-electron chi connectivity index (χ4n) is 5.24. The second kappa shape index (κ2) is 18.7. The first-order chi connectivity index (χ1) is 20.4. The maximum atomic E-state index is 4.93. The van der Waals surface area contributed by atoms with E-state index in [9.17, 15) is 0 Å². The molecule has 5 rings (SSSR count). The molecule has 0 saturated carbocycles. The Kier molecular flexibility index (Phi) is 16.5. The van der Waals surface area contributed by atoms with E-state index in [1.54, 1.807) is 0 Å². The van der Waals surface area contributed by atoms with Crippen LogP contribution in [0.15, 0.2) is 84.9 Å². The molecular formula is C38H50Cl2Si2Zr. The van der Waals surface area contributed by atoms with Gasteiger partial charge in [0.05, 0.1) is 8.07 Å². The molecule has 228 valence electrons. The van der Waals surface area contributed by atoms with Gasteiger partial charge in [-0.15, -0.1) is 69.1 Å². The van der Waals surface area contributed by atoms with Crippen LogP contribution in [-0.4, -0.2) is 17.6 Å². The van der Waals surface area contributed by atoms with Crippen LogP contribution < -0.4 is 5.19 Å². The Hall–Kier alpha value is -1.22. The summed E-state index contributed by atoms with van der Waals surface area (Å²) < 4.78 is 0. The van der Waals surface area contributed by atoms with Crippen LogP contribution in [0, 0.1) is 6.92 Å². The van der Waals surface area contributed by atoms with Crippen molar-refractivity contribution in [1.82, 2.24) is 0 Å². The Labute approximate surface area is 284 Å². The van der Waals surface area contributed by atoms with E-state index < -0.39 is 28.9 Å². The Bertz CT molecular complexity index is 1510. The Morgan fingerprint density at radius 1 is 0.767 bits per heavy atom. The van der Waals surface area contributed by atoms with Crippen molar-refractivity contribution in [3.05, 3.63) is 102 Å². The van der Waals surface area contributed by atoms with E-state index in [1.807, 2.05) is 0 Å². The molecule has 0 aromatic heterocycles. The first-order valence-corrected chi connectivity index (χ1v) is 27.3. The molecule has 0 aliphatic carbocycles. The molecule has 0 heterocycles. The van der Waals surface area contributed by atoms with Crippen LogP contribution >= 0.6 is 17.0 Å². The summed E-state index contributed by atoms with van der Waals surface area (Å²) in [5.74, 6) is 1.33. The van der Waals surface area contributed by atoms with Gasteiger partial charge < -0.3 is 0 Å². The van der Waals surface area contributed by atoms with Crippen LogP contribution in [0.4, 0.5) is 0 Å². The van der Waals surface area contributed by atoms with Crippen molar-refractivity contribution in [1.29, 1.82) is 0 Å². The van der Waals surface area contributed by atoms with Gasteiger partial charge >= 0.3 is 37.9 Å². The van der Waals surface area contributed by atoms with Crippen LogP contribution in [0.25, 0.3) is 32.7 Å². The van der Waals surface area contributed by atoms with Crippen LogP contribution in [0.2, 0.25) is 32.7 Å². The van der Waals surface area contributed by atoms with Gasteiger partial charge in [-0.05, 0) is 17.4 Å². The average Bonchev–Trinajstić information content (AvgIpc) is 3.60. The van der Waals surface area contributed by atoms with Gasteiger partial charge in [-0.2, -0.15) is 12.1 Å². The molecule has 0 spiro atoms. The Morgan fingerprint density at radius 2 is 1.30 bits per heavy atom. The number of aryl methyl sites for hydroxylation is 1. The molecule has 5 aromatic rings. The summed E-state index contributed by atoms with van der Waals surface area (Å²) in [5, 5.41) is 7.11. The Balaban J connectivity index is 0.000000256. The van der Waals surface area contributed by atoms with E-state index in [-0.39, 0.29) is 0 Å². The van der Waals surface area contributed by atoms with E-state index in [0.717, 1.165) is 9.52 Å². The zero-order valence-corrected chi connectivity index (χ0v) is 33.9. The molecule has 0 nitrogen and oxygen atoms in total. The number of benzene rings is 3. The molecule has 0 aliphatic rings. The molecule has 0 aliphatic heterocycles. The number of hydrogen-bond donors (Lipinski definition) is 0. The third kappa shape index (κ3) is 11.0. The van der Waals surface area contributed by atoms with Crippen LogP contribution in [0.5, 0.6) is 0 Å².